The third-order valence-electron chi connectivity index (χ3n) is 3.27. The van der Waals surface area contributed by atoms with E-state index in [1.807, 2.05) is 6.07 Å². The summed E-state index contributed by atoms with van der Waals surface area (Å²) in [6, 6.07) is 6.37. The molecule has 0 radical (unpaired) electrons. The van der Waals surface area contributed by atoms with Crippen LogP contribution >= 0.6 is 0 Å². The first-order valence-corrected chi connectivity index (χ1v) is 6.09. The summed E-state index contributed by atoms with van der Waals surface area (Å²) < 4.78 is 10.8. The highest BCUT2D eigenvalue weighted by molar-refractivity contribution is 5.36. The van der Waals surface area contributed by atoms with Crippen LogP contribution in [0.5, 0.6) is 5.75 Å². The van der Waals surface area contributed by atoms with Gasteiger partial charge in [0.15, 0.2) is 0 Å². The van der Waals surface area contributed by atoms with Crippen LogP contribution < -0.4 is 10.1 Å². The Kier molecular flexibility index (Phi) is 3.69. The van der Waals surface area contributed by atoms with Crippen molar-refractivity contribution in [2.75, 3.05) is 26.9 Å². The standard InChI is InChI=1S/C14H21NO2/c1-11-8-12(4-5-13(11)16-3)9-14(2)10-17-7-6-15-14/h4-5,8,15H,6-7,9-10H2,1-3H3. The second-order valence-corrected chi connectivity index (χ2v) is 5.02. The Hall–Kier alpha value is -1.06. The topological polar surface area (TPSA) is 30.5 Å². The summed E-state index contributed by atoms with van der Waals surface area (Å²) in [5, 5.41) is 3.54. The fourth-order valence-corrected chi connectivity index (χ4v) is 2.39. The summed E-state index contributed by atoms with van der Waals surface area (Å²) in [5.74, 6) is 0.951. The predicted octanol–water partition coefficient (Wildman–Crippen LogP) is 1.92. The molecule has 1 unspecified atom stereocenters. The largest absolute Gasteiger partial charge is 0.496 e. The van der Waals surface area contributed by atoms with Gasteiger partial charge in [0.1, 0.15) is 5.75 Å². The normalized spacial score (nSPS) is 24.6. The van der Waals surface area contributed by atoms with Crippen LogP contribution in [0.15, 0.2) is 18.2 Å². The second-order valence-electron chi connectivity index (χ2n) is 5.02. The molecular formula is C14H21NO2. The SMILES string of the molecule is COc1ccc(CC2(C)COCCN2)cc1C. The van der Waals surface area contributed by atoms with Crippen LogP contribution in [0.25, 0.3) is 0 Å². The van der Waals surface area contributed by atoms with Crippen LogP contribution in [-0.2, 0) is 11.2 Å². The zero-order chi connectivity index (χ0) is 12.3. The molecule has 1 atom stereocenters. The van der Waals surface area contributed by atoms with E-state index in [1.165, 1.54) is 11.1 Å². The quantitative estimate of drug-likeness (QED) is 0.868. The van der Waals surface area contributed by atoms with Gasteiger partial charge in [0, 0.05) is 12.1 Å². The molecule has 3 heteroatoms. The average molecular weight is 235 g/mol. The molecule has 0 amide bonds. The van der Waals surface area contributed by atoms with E-state index in [-0.39, 0.29) is 5.54 Å². The maximum Gasteiger partial charge on any atom is 0.121 e. The molecule has 1 aliphatic rings. The zero-order valence-electron chi connectivity index (χ0n) is 10.9. The molecule has 0 aromatic heterocycles. The first kappa shape index (κ1) is 12.4. The van der Waals surface area contributed by atoms with Crippen molar-refractivity contribution < 1.29 is 9.47 Å². The lowest BCUT2D eigenvalue weighted by Gasteiger charge is -2.35. The highest BCUT2D eigenvalue weighted by Crippen LogP contribution is 2.22. The van der Waals surface area contributed by atoms with Gasteiger partial charge in [-0.15, -0.1) is 0 Å². The van der Waals surface area contributed by atoms with Gasteiger partial charge in [-0.3, -0.25) is 0 Å². The summed E-state index contributed by atoms with van der Waals surface area (Å²) in [6.45, 7) is 6.82. The first-order valence-electron chi connectivity index (χ1n) is 6.09. The molecule has 1 aromatic carbocycles. The van der Waals surface area contributed by atoms with E-state index in [2.05, 4.69) is 31.3 Å². The number of ether oxygens (including phenoxy) is 2. The third kappa shape index (κ3) is 2.99. The fourth-order valence-electron chi connectivity index (χ4n) is 2.39. The zero-order valence-corrected chi connectivity index (χ0v) is 10.9. The Morgan fingerprint density at radius 2 is 2.29 bits per heavy atom. The Morgan fingerprint density at radius 3 is 2.88 bits per heavy atom. The summed E-state index contributed by atoms with van der Waals surface area (Å²) in [7, 11) is 1.71. The maximum atomic E-state index is 5.55. The van der Waals surface area contributed by atoms with Crippen LogP contribution in [0.4, 0.5) is 0 Å². The number of morpholine rings is 1. The molecule has 1 N–H and O–H groups in total. The molecule has 0 bridgehead atoms. The van der Waals surface area contributed by atoms with Gasteiger partial charge < -0.3 is 14.8 Å². The smallest absolute Gasteiger partial charge is 0.121 e. The predicted molar refractivity (Wildman–Crippen MR) is 68.7 cm³/mol. The van der Waals surface area contributed by atoms with Gasteiger partial charge in [0.05, 0.1) is 20.3 Å². The van der Waals surface area contributed by atoms with Gasteiger partial charge in [0.25, 0.3) is 0 Å². The minimum Gasteiger partial charge on any atom is -0.496 e. The van der Waals surface area contributed by atoms with Crippen molar-refractivity contribution in [1.29, 1.82) is 0 Å². The average Bonchev–Trinajstić information content (AvgIpc) is 2.29. The molecule has 2 rings (SSSR count). The van der Waals surface area contributed by atoms with Crippen LogP contribution in [-0.4, -0.2) is 32.4 Å². The molecule has 1 aromatic rings. The summed E-state index contributed by atoms with van der Waals surface area (Å²) in [6.07, 6.45) is 0.984. The van der Waals surface area contributed by atoms with E-state index in [9.17, 15) is 0 Å². The molecule has 1 aliphatic heterocycles. The summed E-state index contributed by atoms with van der Waals surface area (Å²) in [4.78, 5) is 0. The van der Waals surface area contributed by atoms with Crippen LogP contribution in [0.2, 0.25) is 0 Å². The number of aryl methyl sites for hydroxylation is 1. The minimum atomic E-state index is 0.0548. The van der Waals surface area contributed by atoms with Crippen molar-refractivity contribution in [2.24, 2.45) is 0 Å². The highest BCUT2D eigenvalue weighted by atomic mass is 16.5. The maximum absolute atomic E-state index is 5.55. The second kappa shape index (κ2) is 5.07. The van der Waals surface area contributed by atoms with Crippen LogP contribution in [0, 0.1) is 6.92 Å². The lowest BCUT2D eigenvalue weighted by Crippen LogP contribution is -2.53. The lowest BCUT2D eigenvalue weighted by atomic mass is 9.92. The van der Waals surface area contributed by atoms with Crippen LogP contribution in [0.3, 0.4) is 0 Å². The van der Waals surface area contributed by atoms with Gasteiger partial charge in [0.2, 0.25) is 0 Å². The van der Waals surface area contributed by atoms with E-state index in [4.69, 9.17) is 9.47 Å². The van der Waals surface area contributed by atoms with E-state index < -0.39 is 0 Å². The van der Waals surface area contributed by atoms with Crippen molar-refractivity contribution in [1.82, 2.24) is 5.32 Å². The Labute approximate surface area is 103 Å². The highest BCUT2D eigenvalue weighted by Gasteiger charge is 2.27. The summed E-state index contributed by atoms with van der Waals surface area (Å²) >= 11 is 0. The number of nitrogens with one attached hydrogen (secondary N) is 1. The Balaban J connectivity index is 2.10. The van der Waals surface area contributed by atoms with Crippen molar-refractivity contribution in [2.45, 2.75) is 25.8 Å². The molecule has 0 spiro atoms. The minimum absolute atomic E-state index is 0.0548. The van der Waals surface area contributed by atoms with Crippen LogP contribution in [0.1, 0.15) is 18.1 Å². The molecule has 1 saturated heterocycles. The molecule has 94 valence electrons. The molecule has 1 fully saturated rings. The van der Waals surface area contributed by atoms with E-state index in [1.54, 1.807) is 7.11 Å². The summed E-state index contributed by atoms with van der Waals surface area (Å²) in [5.41, 5.74) is 2.56. The molecule has 0 saturated carbocycles. The monoisotopic (exact) mass is 235 g/mol. The van der Waals surface area contributed by atoms with Crippen molar-refractivity contribution in [3.8, 4) is 5.75 Å². The number of hydrogen-bond acceptors (Lipinski definition) is 3. The van der Waals surface area contributed by atoms with E-state index >= 15 is 0 Å². The number of benzene rings is 1. The number of methoxy groups -OCH3 is 1. The molecule has 1 heterocycles. The Bertz CT molecular complexity index is 384. The van der Waals surface area contributed by atoms with Crippen molar-refractivity contribution in [3.05, 3.63) is 29.3 Å². The van der Waals surface area contributed by atoms with Gasteiger partial charge in [-0.05, 0) is 37.5 Å². The number of hydrogen-bond donors (Lipinski definition) is 1. The van der Waals surface area contributed by atoms with Crippen molar-refractivity contribution in [3.63, 3.8) is 0 Å². The fraction of sp³-hybridized carbons (Fsp3) is 0.571. The van der Waals surface area contributed by atoms with Gasteiger partial charge in [-0.2, -0.15) is 0 Å². The van der Waals surface area contributed by atoms with E-state index in [0.29, 0.717) is 0 Å². The molecule has 0 aliphatic carbocycles. The molecule has 3 nitrogen and oxygen atoms in total. The van der Waals surface area contributed by atoms with Gasteiger partial charge >= 0.3 is 0 Å². The lowest BCUT2D eigenvalue weighted by molar-refractivity contribution is 0.0356. The molecular weight excluding hydrogens is 214 g/mol. The van der Waals surface area contributed by atoms with Gasteiger partial charge in [-0.25, -0.2) is 0 Å². The Morgan fingerprint density at radius 1 is 1.47 bits per heavy atom. The molecule has 17 heavy (non-hydrogen) atoms. The number of rotatable bonds is 3. The third-order valence-corrected chi connectivity index (χ3v) is 3.27. The van der Waals surface area contributed by atoms with Gasteiger partial charge in [-0.1, -0.05) is 12.1 Å². The van der Waals surface area contributed by atoms with E-state index in [0.717, 1.165) is 31.9 Å². The first-order chi connectivity index (χ1) is 8.13. The van der Waals surface area contributed by atoms with Crippen molar-refractivity contribution >= 4 is 0 Å².